The minimum absolute atomic E-state index is 0.0210. The Balaban J connectivity index is 1.56. The zero-order valence-electron chi connectivity index (χ0n) is 13.1. The van der Waals surface area contributed by atoms with Gasteiger partial charge in [-0.2, -0.15) is 0 Å². The van der Waals surface area contributed by atoms with E-state index >= 15 is 0 Å². The summed E-state index contributed by atoms with van der Waals surface area (Å²) >= 11 is 5.84. The van der Waals surface area contributed by atoms with Gasteiger partial charge in [0.05, 0.1) is 11.6 Å². The van der Waals surface area contributed by atoms with E-state index in [4.69, 9.17) is 16.3 Å². The van der Waals surface area contributed by atoms with Crippen molar-refractivity contribution in [2.75, 3.05) is 6.61 Å². The van der Waals surface area contributed by atoms with Crippen molar-refractivity contribution in [1.82, 2.24) is 5.32 Å². The average molecular weight is 344 g/mol. The second-order valence-electron chi connectivity index (χ2n) is 5.80. The number of esters is 1. The van der Waals surface area contributed by atoms with Gasteiger partial charge in [0.15, 0.2) is 6.61 Å². The van der Waals surface area contributed by atoms with Crippen molar-refractivity contribution in [3.8, 4) is 0 Å². The molecule has 0 saturated heterocycles. The molecular weight excluding hydrogens is 326 g/mol. The third kappa shape index (κ3) is 3.95. The Labute approximate surface area is 145 Å². The first-order valence-corrected chi connectivity index (χ1v) is 8.31. The maximum atomic E-state index is 12.1. The van der Waals surface area contributed by atoms with Crippen molar-refractivity contribution in [1.29, 1.82) is 0 Å². The molecule has 0 fully saturated rings. The molecule has 0 heterocycles. The van der Waals surface area contributed by atoms with Crippen molar-refractivity contribution in [2.45, 2.75) is 25.3 Å². The topological polar surface area (TPSA) is 55.4 Å². The maximum Gasteiger partial charge on any atom is 0.338 e. The maximum absolute atomic E-state index is 12.1. The van der Waals surface area contributed by atoms with E-state index in [0.717, 1.165) is 24.8 Å². The Morgan fingerprint density at radius 2 is 2.00 bits per heavy atom. The van der Waals surface area contributed by atoms with Crippen molar-refractivity contribution < 1.29 is 14.3 Å². The van der Waals surface area contributed by atoms with Crippen LogP contribution in [0.1, 0.15) is 40.4 Å². The molecule has 0 radical (unpaired) electrons. The van der Waals surface area contributed by atoms with Crippen molar-refractivity contribution >= 4 is 23.5 Å². The van der Waals surface area contributed by atoms with Crippen molar-refractivity contribution in [3.63, 3.8) is 0 Å². The fourth-order valence-corrected chi connectivity index (χ4v) is 3.16. The van der Waals surface area contributed by atoms with Crippen LogP contribution in [-0.2, 0) is 16.0 Å². The predicted molar refractivity (Wildman–Crippen MR) is 92.0 cm³/mol. The summed E-state index contributed by atoms with van der Waals surface area (Å²) in [5.74, 6) is -0.858. The van der Waals surface area contributed by atoms with Crippen LogP contribution < -0.4 is 5.32 Å². The highest BCUT2D eigenvalue weighted by Gasteiger charge is 2.21. The van der Waals surface area contributed by atoms with Gasteiger partial charge in [-0.15, -0.1) is 0 Å². The third-order valence-corrected chi connectivity index (χ3v) is 4.33. The molecule has 5 heteroatoms. The largest absolute Gasteiger partial charge is 0.452 e. The number of carbonyl (C=O) groups is 2. The summed E-state index contributed by atoms with van der Waals surface area (Å²) in [7, 11) is 0. The van der Waals surface area contributed by atoms with Crippen LogP contribution in [0.5, 0.6) is 0 Å². The highest BCUT2D eigenvalue weighted by molar-refractivity contribution is 6.30. The Kier molecular flexibility index (Phi) is 5.16. The highest BCUT2D eigenvalue weighted by atomic mass is 35.5. The van der Waals surface area contributed by atoms with Gasteiger partial charge in [-0.3, -0.25) is 4.79 Å². The van der Waals surface area contributed by atoms with E-state index in [0.29, 0.717) is 10.6 Å². The standard InChI is InChI=1S/C19H18ClNO3/c20-15-8-3-7-14(11-15)19(23)24-12-18(22)21-17-10-4-6-13-5-1-2-9-16(13)17/h1-3,5,7-9,11,17H,4,6,10,12H2,(H,21,22). The second kappa shape index (κ2) is 7.49. The van der Waals surface area contributed by atoms with E-state index in [9.17, 15) is 9.59 Å². The molecule has 124 valence electrons. The number of hydrogen-bond donors (Lipinski definition) is 1. The number of amides is 1. The molecule has 1 aliphatic rings. The highest BCUT2D eigenvalue weighted by Crippen LogP contribution is 2.29. The summed E-state index contributed by atoms with van der Waals surface area (Å²) in [5, 5.41) is 3.40. The lowest BCUT2D eigenvalue weighted by Crippen LogP contribution is -2.34. The van der Waals surface area contributed by atoms with Crippen LogP contribution in [0.3, 0.4) is 0 Å². The summed E-state index contributed by atoms with van der Waals surface area (Å²) in [5.41, 5.74) is 2.75. The number of hydrogen-bond acceptors (Lipinski definition) is 3. The Morgan fingerprint density at radius 1 is 1.17 bits per heavy atom. The van der Waals surface area contributed by atoms with E-state index in [2.05, 4.69) is 11.4 Å². The van der Waals surface area contributed by atoms with Gasteiger partial charge in [-0.1, -0.05) is 41.9 Å². The molecular formula is C19H18ClNO3. The molecule has 1 unspecified atom stereocenters. The van der Waals surface area contributed by atoms with E-state index in [-0.39, 0.29) is 18.6 Å². The SMILES string of the molecule is O=C(COC(=O)c1cccc(Cl)c1)NC1CCCc2ccccc21. The smallest absolute Gasteiger partial charge is 0.338 e. The van der Waals surface area contributed by atoms with Crippen LogP contribution in [0.4, 0.5) is 0 Å². The lowest BCUT2D eigenvalue weighted by Gasteiger charge is -2.26. The number of fused-ring (bicyclic) bond motifs is 1. The van der Waals surface area contributed by atoms with Crippen LogP contribution in [0.15, 0.2) is 48.5 Å². The number of nitrogens with one attached hydrogen (secondary N) is 1. The molecule has 1 atom stereocenters. The Hall–Kier alpha value is -2.33. The second-order valence-corrected chi connectivity index (χ2v) is 6.23. The van der Waals surface area contributed by atoms with E-state index < -0.39 is 5.97 Å². The van der Waals surface area contributed by atoms with E-state index in [1.54, 1.807) is 18.2 Å². The molecule has 0 aliphatic heterocycles. The van der Waals surface area contributed by atoms with E-state index in [1.807, 2.05) is 18.2 Å². The quantitative estimate of drug-likeness (QED) is 0.861. The van der Waals surface area contributed by atoms with Gasteiger partial charge in [-0.05, 0) is 48.6 Å². The molecule has 1 amide bonds. The zero-order valence-corrected chi connectivity index (χ0v) is 13.9. The summed E-state index contributed by atoms with van der Waals surface area (Å²) in [6, 6.07) is 14.5. The summed E-state index contributed by atoms with van der Waals surface area (Å²) in [4.78, 5) is 24.0. The van der Waals surface area contributed by atoms with Crippen LogP contribution >= 0.6 is 11.6 Å². The monoisotopic (exact) mass is 343 g/mol. The summed E-state index contributed by atoms with van der Waals surface area (Å²) < 4.78 is 5.06. The molecule has 1 aliphatic carbocycles. The fraction of sp³-hybridized carbons (Fsp3) is 0.263. The van der Waals surface area contributed by atoms with Crippen LogP contribution in [0, 0.1) is 0 Å². The molecule has 2 aromatic rings. The van der Waals surface area contributed by atoms with E-state index in [1.165, 1.54) is 11.6 Å². The van der Waals surface area contributed by atoms with Gasteiger partial charge in [0.1, 0.15) is 0 Å². The number of carbonyl (C=O) groups excluding carboxylic acids is 2. The first-order valence-electron chi connectivity index (χ1n) is 7.93. The fourth-order valence-electron chi connectivity index (χ4n) is 2.97. The first kappa shape index (κ1) is 16.5. The molecule has 0 aromatic heterocycles. The van der Waals surface area contributed by atoms with Gasteiger partial charge in [0, 0.05) is 5.02 Å². The van der Waals surface area contributed by atoms with Crippen molar-refractivity contribution in [3.05, 3.63) is 70.2 Å². The average Bonchev–Trinajstić information content (AvgIpc) is 2.60. The van der Waals surface area contributed by atoms with Crippen LogP contribution in [0.2, 0.25) is 5.02 Å². The lowest BCUT2D eigenvalue weighted by molar-refractivity contribution is -0.125. The van der Waals surface area contributed by atoms with Gasteiger partial charge in [0.25, 0.3) is 5.91 Å². The first-order chi connectivity index (χ1) is 11.6. The minimum atomic E-state index is -0.559. The Bertz CT molecular complexity index is 760. The molecule has 1 N–H and O–H groups in total. The number of benzene rings is 2. The van der Waals surface area contributed by atoms with Crippen molar-refractivity contribution in [2.24, 2.45) is 0 Å². The number of ether oxygens (including phenoxy) is 1. The molecule has 0 spiro atoms. The number of aryl methyl sites for hydroxylation is 1. The molecule has 4 nitrogen and oxygen atoms in total. The molecule has 3 rings (SSSR count). The molecule has 0 saturated carbocycles. The van der Waals surface area contributed by atoms with Crippen LogP contribution in [-0.4, -0.2) is 18.5 Å². The molecule has 24 heavy (non-hydrogen) atoms. The summed E-state index contributed by atoms with van der Waals surface area (Å²) in [6.45, 7) is -0.302. The molecule has 2 aromatic carbocycles. The summed E-state index contributed by atoms with van der Waals surface area (Å²) in [6.07, 6.45) is 2.96. The molecule has 0 bridgehead atoms. The normalized spacial score (nSPS) is 16.1. The van der Waals surface area contributed by atoms with Gasteiger partial charge in [0.2, 0.25) is 0 Å². The van der Waals surface area contributed by atoms with Crippen LogP contribution in [0.25, 0.3) is 0 Å². The van der Waals surface area contributed by atoms with Gasteiger partial charge < -0.3 is 10.1 Å². The zero-order chi connectivity index (χ0) is 16.9. The third-order valence-electron chi connectivity index (χ3n) is 4.10. The number of rotatable bonds is 4. The predicted octanol–water partition coefficient (Wildman–Crippen LogP) is 3.69. The lowest BCUT2D eigenvalue weighted by atomic mass is 9.88. The van der Waals surface area contributed by atoms with Gasteiger partial charge >= 0.3 is 5.97 Å². The number of halogens is 1. The van der Waals surface area contributed by atoms with Gasteiger partial charge in [-0.25, -0.2) is 4.79 Å². The minimum Gasteiger partial charge on any atom is -0.452 e. The Morgan fingerprint density at radius 3 is 2.83 bits per heavy atom.